The van der Waals surface area contributed by atoms with Crippen LogP contribution < -0.4 is 0 Å². The van der Waals surface area contributed by atoms with Crippen molar-refractivity contribution >= 4 is 8.32 Å². The van der Waals surface area contributed by atoms with Crippen LogP contribution in [-0.4, -0.2) is 32.4 Å². The summed E-state index contributed by atoms with van der Waals surface area (Å²) in [5.74, 6) is 0.0666. The van der Waals surface area contributed by atoms with Gasteiger partial charge < -0.3 is 14.3 Å². The fourth-order valence-corrected chi connectivity index (χ4v) is 9.41. The molecule has 1 aliphatic rings. The normalized spacial score (nSPS) is 29.5. The van der Waals surface area contributed by atoms with Gasteiger partial charge in [0.05, 0.1) is 12.7 Å². The molecular weight excluding hydrogens is 256 g/mol. The predicted molar refractivity (Wildman–Crippen MR) is 81.7 cm³/mol. The van der Waals surface area contributed by atoms with E-state index in [2.05, 4.69) is 41.5 Å². The summed E-state index contributed by atoms with van der Waals surface area (Å²) in [6, 6.07) is 0. The van der Waals surface area contributed by atoms with Crippen molar-refractivity contribution in [3.8, 4) is 0 Å². The molecule has 1 rings (SSSR count). The molecular formula is C15H32O3Si. The van der Waals surface area contributed by atoms with Gasteiger partial charge in [-0.15, -0.1) is 0 Å². The monoisotopic (exact) mass is 288 g/mol. The predicted octanol–water partition coefficient (Wildman–Crippen LogP) is 3.92. The third-order valence-corrected chi connectivity index (χ3v) is 10.9. The molecule has 1 fully saturated rings. The van der Waals surface area contributed by atoms with E-state index in [4.69, 9.17) is 9.16 Å². The summed E-state index contributed by atoms with van der Waals surface area (Å²) in [7, 11) is -1.85. The Labute approximate surface area is 119 Å². The number of hydrogen-bond acceptors (Lipinski definition) is 3. The maximum absolute atomic E-state index is 9.87. The minimum atomic E-state index is -1.85. The Balaban J connectivity index is 2.94. The van der Waals surface area contributed by atoms with Gasteiger partial charge in [-0.25, -0.2) is 0 Å². The molecule has 0 amide bonds. The quantitative estimate of drug-likeness (QED) is 0.779. The highest BCUT2D eigenvalue weighted by atomic mass is 28.4. The fourth-order valence-electron chi connectivity index (χ4n) is 3.74. The topological polar surface area (TPSA) is 38.7 Å². The summed E-state index contributed by atoms with van der Waals surface area (Å²) in [6.45, 7) is 16.4. The minimum Gasteiger partial charge on any atom is -0.413 e. The molecule has 19 heavy (non-hydrogen) atoms. The van der Waals surface area contributed by atoms with E-state index in [0.717, 1.165) is 6.42 Å². The number of aliphatic hydroxyl groups excluding tert-OH is 1. The van der Waals surface area contributed by atoms with Gasteiger partial charge in [0, 0.05) is 5.92 Å². The zero-order chi connectivity index (χ0) is 14.8. The lowest BCUT2D eigenvalue weighted by molar-refractivity contribution is -0.185. The molecule has 3 atom stereocenters. The van der Waals surface area contributed by atoms with Crippen molar-refractivity contribution in [1.82, 2.24) is 0 Å². The van der Waals surface area contributed by atoms with Crippen LogP contribution in [0.2, 0.25) is 16.6 Å². The van der Waals surface area contributed by atoms with Gasteiger partial charge in [0.1, 0.15) is 0 Å². The molecule has 1 heterocycles. The van der Waals surface area contributed by atoms with Gasteiger partial charge in [-0.3, -0.25) is 0 Å². The van der Waals surface area contributed by atoms with E-state index in [1.54, 1.807) is 0 Å². The third-order valence-electron chi connectivity index (χ3n) is 4.79. The first-order valence-corrected chi connectivity index (χ1v) is 9.85. The average molecular weight is 289 g/mol. The molecule has 0 aliphatic carbocycles. The average Bonchev–Trinajstić information content (AvgIpc) is 2.29. The highest BCUT2D eigenvalue weighted by molar-refractivity contribution is 6.77. The lowest BCUT2D eigenvalue weighted by Gasteiger charge is -2.47. The minimum absolute atomic E-state index is 0.0666. The van der Waals surface area contributed by atoms with Crippen molar-refractivity contribution in [3.05, 3.63) is 0 Å². The van der Waals surface area contributed by atoms with Crippen LogP contribution in [0.5, 0.6) is 0 Å². The van der Waals surface area contributed by atoms with Crippen LogP contribution in [0.4, 0.5) is 0 Å². The SMILES string of the molecule is CC(C)[Si](O[C@@H]1CCOC(O)[C@H]1C)(C(C)C)C(C)C. The molecule has 0 saturated carbocycles. The Morgan fingerprint density at radius 3 is 1.95 bits per heavy atom. The first-order valence-electron chi connectivity index (χ1n) is 7.70. The van der Waals surface area contributed by atoms with Crippen molar-refractivity contribution in [2.24, 2.45) is 5.92 Å². The van der Waals surface area contributed by atoms with Crippen molar-refractivity contribution in [3.63, 3.8) is 0 Å². The largest absolute Gasteiger partial charge is 0.413 e. The van der Waals surface area contributed by atoms with Crippen LogP contribution in [0.3, 0.4) is 0 Å². The lowest BCUT2D eigenvalue weighted by atomic mass is 10.00. The molecule has 0 aromatic heterocycles. The molecule has 4 heteroatoms. The van der Waals surface area contributed by atoms with Crippen LogP contribution in [0, 0.1) is 5.92 Å². The van der Waals surface area contributed by atoms with E-state index in [0.29, 0.717) is 23.2 Å². The zero-order valence-electron chi connectivity index (χ0n) is 13.6. The molecule has 0 bridgehead atoms. The molecule has 1 saturated heterocycles. The fraction of sp³-hybridized carbons (Fsp3) is 1.00. The van der Waals surface area contributed by atoms with Crippen LogP contribution in [0.1, 0.15) is 54.9 Å². The van der Waals surface area contributed by atoms with Crippen molar-refractivity contribution in [1.29, 1.82) is 0 Å². The molecule has 0 radical (unpaired) electrons. The Morgan fingerprint density at radius 2 is 1.53 bits per heavy atom. The van der Waals surface area contributed by atoms with Crippen LogP contribution in [-0.2, 0) is 9.16 Å². The maximum atomic E-state index is 9.87. The van der Waals surface area contributed by atoms with E-state index in [1.807, 2.05) is 6.92 Å². The van der Waals surface area contributed by atoms with E-state index < -0.39 is 14.6 Å². The summed E-state index contributed by atoms with van der Waals surface area (Å²) in [5, 5.41) is 9.87. The highest BCUT2D eigenvalue weighted by Gasteiger charge is 2.48. The number of rotatable bonds is 5. The Morgan fingerprint density at radius 1 is 1.05 bits per heavy atom. The molecule has 3 nitrogen and oxygen atoms in total. The number of ether oxygens (including phenoxy) is 1. The second-order valence-electron chi connectivity index (χ2n) is 6.88. The number of hydrogen-bond donors (Lipinski definition) is 1. The van der Waals surface area contributed by atoms with E-state index in [1.165, 1.54) is 0 Å². The summed E-state index contributed by atoms with van der Waals surface area (Å²) >= 11 is 0. The second kappa shape index (κ2) is 6.70. The molecule has 114 valence electrons. The first kappa shape index (κ1) is 17.1. The Hall–Kier alpha value is 0.0969. The Bertz CT molecular complexity index is 257. The van der Waals surface area contributed by atoms with E-state index in [9.17, 15) is 5.11 Å². The molecule has 0 aromatic carbocycles. The second-order valence-corrected chi connectivity index (χ2v) is 12.3. The molecule has 0 aromatic rings. The van der Waals surface area contributed by atoms with E-state index >= 15 is 0 Å². The first-order chi connectivity index (χ1) is 8.73. The maximum Gasteiger partial charge on any atom is 0.200 e. The van der Waals surface area contributed by atoms with Crippen molar-refractivity contribution in [2.75, 3.05) is 6.61 Å². The third kappa shape index (κ3) is 3.41. The molecule has 1 aliphatic heterocycles. The van der Waals surface area contributed by atoms with Gasteiger partial charge >= 0.3 is 0 Å². The lowest BCUT2D eigenvalue weighted by Crippen LogP contribution is -2.53. The number of aliphatic hydroxyl groups is 1. The van der Waals surface area contributed by atoms with Gasteiger partial charge in [-0.05, 0) is 23.0 Å². The highest BCUT2D eigenvalue weighted by Crippen LogP contribution is 2.44. The van der Waals surface area contributed by atoms with Gasteiger partial charge in [-0.2, -0.15) is 0 Å². The van der Waals surface area contributed by atoms with Crippen LogP contribution in [0.25, 0.3) is 0 Å². The van der Waals surface area contributed by atoms with Gasteiger partial charge in [-0.1, -0.05) is 48.5 Å². The zero-order valence-corrected chi connectivity index (χ0v) is 14.6. The molecule has 1 N–H and O–H groups in total. The van der Waals surface area contributed by atoms with Gasteiger partial charge in [0.15, 0.2) is 6.29 Å². The summed E-state index contributed by atoms with van der Waals surface area (Å²) < 4.78 is 12.1. The summed E-state index contributed by atoms with van der Waals surface area (Å²) in [4.78, 5) is 0. The smallest absolute Gasteiger partial charge is 0.200 e. The Kier molecular flexibility index (Phi) is 6.05. The van der Waals surface area contributed by atoms with Crippen molar-refractivity contribution < 1.29 is 14.3 Å². The van der Waals surface area contributed by atoms with Crippen LogP contribution in [0.15, 0.2) is 0 Å². The molecule has 1 unspecified atom stereocenters. The van der Waals surface area contributed by atoms with E-state index in [-0.39, 0.29) is 12.0 Å². The molecule has 0 spiro atoms. The van der Waals surface area contributed by atoms with Crippen molar-refractivity contribution in [2.45, 2.75) is 83.9 Å². The summed E-state index contributed by atoms with van der Waals surface area (Å²) in [6.07, 6.45) is 0.374. The van der Waals surface area contributed by atoms with Gasteiger partial charge in [0.2, 0.25) is 8.32 Å². The summed E-state index contributed by atoms with van der Waals surface area (Å²) in [5.41, 5.74) is 1.75. The standard InChI is InChI=1S/C15H32O3Si/c1-10(2)19(11(3)4,12(5)6)18-14-8-9-17-15(16)13(14)7/h10-16H,8-9H2,1-7H3/t13-,14+,15?/m0/s1. The van der Waals surface area contributed by atoms with Crippen LogP contribution >= 0.6 is 0 Å². The van der Waals surface area contributed by atoms with Gasteiger partial charge in [0.25, 0.3) is 0 Å².